The van der Waals surface area contributed by atoms with Gasteiger partial charge in [0.2, 0.25) is 5.91 Å². The van der Waals surface area contributed by atoms with E-state index >= 15 is 0 Å². The van der Waals surface area contributed by atoms with Gasteiger partial charge >= 0.3 is 0 Å². The Morgan fingerprint density at radius 2 is 1.86 bits per heavy atom. The predicted molar refractivity (Wildman–Crippen MR) is 119 cm³/mol. The quantitative estimate of drug-likeness (QED) is 0.706. The standard InChI is InChI=1S/C24H30N2O2S/c1-18-5-7-20(8-6-18)23(16-26-11-13-28-14-12-26)25-24(27)17-29-22-10-9-19-3-2-4-21(19)15-22/h5-10,15,23H,2-4,11-14,16-17H2,1H3,(H,25,27)/t23-/m0/s1. The second-order valence-electron chi connectivity index (χ2n) is 8.02. The Kier molecular flexibility index (Phi) is 6.90. The summed E-state index contributed by atoms with van der Waals surface area (Å²) in [5.41, 5.74) is 5.33. The molecule has 1 aliphatic heterocycles. The van der Waals surface area contributed by atoms with E-state index in [4.69, 9.17) is 4.74 Å². The van der Waals surface area contributed by atoms with Crippen molar-refractivity contribution in [3.63, 3.8) is 0 Å². The van der Waals surface area contributed by atoms with E-state index in [2.05, 4.69) is 59.6 Å². The molecule has 0 aromatic heterocycles. The van der Waals surface area contributed by atoms with E-state index in [1.807, 2.05) is 0 Å². The number of fused-ring (bicyclic) bond motifs is 1. The number of aryl methyl sites for hydroxylation is 3. The smallest absolute Gasteiger partial charge is 0.230 e. The van der Waals surface area contributed by atoms with Crippen LogP contribution in [0.1, 0.15) is 34.7 Å². The number of hydrogen-bond donors (Lipinski definition) is 1. The fourth-order valence-corrected chi connectivity index (χ4v) is 4.87. The third-order valence-corrected chi connectivity index (χ3v) is 6.79. The van der Waals surface area contributed by atoms with Gasteiger partial charge in [0, 0.05) is 24.5 Å². The van der Waals surface area contributed by atoms with Gasteiger partial charge < -0.3 is 10.1 Å². The van der Waals surface area contributed by atoms with Gasteiger partial charge in [0.15, 0.2) is 0 Å². The molecule has 4 rings (SSSR count). The van der Waals surface area contributed by atoms with E-state index in [0.29, 0.717) is 5.75 Å². The molecule has 1 amide bonds. The second kappa shape index (κ2) is 9.79. The number of thioether (sulfide) groups is 1. The molecule has 1 fully saturated rings. The molecule has 0 bridgehead atoms. The van der Waals surface area contributed by atoms with Crippen LogP contribution in [0.25, 0.3) is 0 Å². The van der Waals surface area contributed by atoms with Crippen LogP contribution in [0.4, 0.5) is 0 Å². The highest BCUT2D eigenvalue weighted by Gasteiger charge is 2.20. The largest absolute Gasteiger partial charge is 0.379 e. The van der Waals surface area contributed by atoms with Crippen LogP contribution in [0.3, 0.4) is 0 Å². The minimum Gasteiger partial charge on any atom is -0.379 e. The molecule has 1 N–H and O–H groups in total. The molecule has 1 heterocycles. The molecule has 0 unspecified atom stereocenters. The second-order valence-corrected chi connectivity index (χ2v) is 9.07. The van der Waals surface area contributed by atoms with Crippen molar-refractivity contribution in [2.45, 2.75) is 37.1 Å². The summed E-state index contributed by atoms with van der Waals surface area (Å²) in [4.78, 5) is 16.3. The third-order valence-electron chi connectivity index (χ3n) is 5.80. The van der Waals surface area contributed by atoms with Gasteiger partial charge in [0.1, 0.15) is 0 Å². The van der Waals surface area contributed by atoms with E-state index < -0.39 is 0 Å². The van der Waals surface area contributed by atoms with Crippen LogP contribution in [-0.2, 0) is 22.4 Å². The number of hydrogen-bond acceptors (Lipinski definition) is 4. The minimum absolute atomic E-state index is 0.00169. The fraction of sp³-hybridized carbons (Fsp3) is 0.458. The fourth-order valence-electron chi connectivity index (χ4n) is 4.10. The number of benzene rings is 2. The molecule has 1 saturated heterocycles. The van der Waals surface area contributed by atoms with Crippen molar-refractivity contribution in [3.8, 4) is 0 Å². The molecule has 29 heavy (non-hydrogen) atoms. The Morgan fingerprint density at radius 1 is 1.10 bits per heavy atom. The molecule has 2 aromatic rings. The molecule has 1 atom stereocenters. The zero-order chi connectivity index (χ0) is 20.1. The number of ether oxygens (including phenoxy) is 1. The van der Waals surface area contributed by atoms with E-state index in [0.717, 1.165) is 38.4 Å². The maximum Gasteiger partial charge on any atom is 0.230 e. The molecule has 4 nitrogen and oxygen atoms in total. The Hall–Kier alpha value is -1.82. The van der Waals surface area contributed by atoms with Crippen molar-refractivity contribution in [3.05, 3.63) is 64.7 Å². The highest BCUT2D eigenvalue weighted by Crippen LogP contribution is 2.27. The van der Waals surface area contributed by atoms with Crippen molar-refractivity contribution in [2.75, 3.05) is 38.6 Å². The van der Waals surface area contributed by atoms with Crippen molar-refractivity contribution in [1.29, 1.82) is 0 Å². The summed E-state index contributed by atoms with van der Waals surface area (Å²) >= 11 is 1.63. The topological polar surface area (TPSA) is 41.6 Å². The van der Waals surface area contributed by atoms with Crippen LogP contribution < -0.4 is 5.32 Å². The Bertz CT molecular complexity index is 831. The molecule has 5 heteroatoms. The van der Waals surface area contributed by atoms with Crippen molar-refractivity contribution in [2.24, 2.45) is 0 Å². The Balaban J connectivity index is 1.37. The molecule has 2 aromatic carbocycles. The van der Waals surface area contributed by atoms with Gasteiger partial charge in [-0.3, -0.25) is 9.69 Å². The van der Waals surface area contributed by atoms with Crippen molar-refractivity contribution >= 4 is 17.7 Å². The normalized spacial score (nSPS) is 17.7. The number of nitrogens with one attached hydrogen (secondary N) is 1. The summed E-state index contributed by atoms with van der Waals surface area (Å²) in [6.45, 7) is 6.28. The first-order valence-electron chi connectivity index (χ1n) is 10.6. The van der Waals surface area contributed by atoms with Crippen LogP contribution in [0.2, 0.25) is 0 Å². The molecule has 1 aliphatic carbocycles. The Morgan fingerprint density at radius 3 is 2.66 bits per heavy atom. The molecule has 2 aliphatic rings. The molecule has 0 saturated carbocycles. The summed E-state index contributed by atoms with van der Waals surface area (Å²) in [6, 6.07) is 15.2. The Labute approximate surface area is 178 Å². The highest BCUT2D eigenvalue weighted by molar-refractivity contribution is 8.00. The van der Waals surface area contributed by atoms with Crippen molar-refractivity contribution in [1.82, 2.24) is 10.2 Å². The number of amides is 1. The maximum atomic E-state index is 12.8. The van der Waals surface area contributed by atoms with Crippen LogP contribution >= 0.6 is 11.8 Å². The lowest BCUT2D eigenvalue weighted by atomic mass is 10.0. The minimum atomic E-state index is 0.00169. The summed E-state index contributed by atoms with van der Waals surface area (Å²) < 4.78 is 5.47. The van der Waals surface area contributed by atoms with Crippen LogP contribution in [0.15, 0.2) is 47.4 Å². The van der Waals surface area contributed by atoms with Gasteiger partial charge in [-0.05, 0) is 55.0 Å². The van der Waals surface area contributed by atoms with Gasteiger partial charge in [-0.15, -0.1) is 11.8 Å². The molecular weight excluding hydrogens is 380 g/mol. The van der Waals surface area contributed by atoms with E-state index in [-0.39, 0.29) is 11.9 Å². The SMILES string of the molecule is Cc1ccc([C@H](CN2CCOCC2)NC(=O)CSc2ccc3c(c2)CCC3)cc1. The van der Waals surface area contributed by atoms with Crippen molar-refractivity contribution < 1.29 is 9.53 Å². The zero-order valence-corrected chi connectivity index (χ0v) is 18.0. The number of carbonyl (C=O) groups is 1. The van der Waals surface area contributed by atoms with Gasteiger partial charge in [0.05, 0.1) is 25.0 Å². The first-order valence-corrected chi connectivity index (χ1v) is 11.6. The van der Waals surface area contributed by atoms with Gasteiger partial charge in [-0.1, -0.05) is 35.9 Å². The lowest BCUT2D eigenvalue weighted by molar-refractivity contribution is -0.119. The molecule has 0 spiro atoms. The lowest BCUT2D eigenvalue weighted by Gasteiger charge is -2.31. The van der Waals surface area contributed by atoms with E-state index in [1.54, 1.807) is 11.8 Å². The van der Waals surface area contributed by atoms with Crippen LogP contribution in [0, 0.1) is 6.92 Å². The lowest BCUT2D eigenvalue weighted by Crippen LogP contribution is -2.43. The van der Waals surface area contributed by atoms with Gasteiger partial charge in [-0.2, -0.15) is 0 Å². The van der Waals surface area contributed by atoms with Crippen LogP contribution in [0.5, 0.6) is 0 Å². The van der Waals surface area contributed by atoms with E-state index in [9.17, 15) is 4.79 Å². The number of carbonyl (C=O) groups excluding carboxylic acids is 1. The third kappa shape index (κ3) is 5.62. The van der Waals surface area contributed by atoms with Gasteiger partial charge in [-0.25, -0.2) is 0 Å². The van der Waals surface area contributed by atoms with Gasteiger partial charge in [0.25, 0.3) is 0 Å². The molecular formula is C24H30N2O2S. The summed E-state index contributed by atoms with van der Waals surface area (Å²) in [5.74, 6) is 0.541. The number of nitrogens with zero attached hydrogens (tertiary/aromatic N) is 1. The zero-order valence-electron chi connectivity index (χ0n) is 17.2. The monoisotopic (exact) mass is 410 g/mol. The number of rotatable bonds is 7. The maximum absolute atomic E-state index is 12.8. The first kappa shape index (κ1) is 20.5. The average molecular weight is 411 g/mol. The molecule has 0 radical (unpaired) electrons. The van der Waals surface area contributed by atoms with Crippen LogP contribution in [-0.4, -0.2) is 49.4 Å². The predicted octanol–water partition coefficient (Wildman–Crippen LogP) is 3.77. The van der Waals surface area contributed by atoms with E-state index in [1.165, 1.54) is 40.8 Å². The summed E-state index contributed by atoms with van der Waals surface area (Å²) in [7, 11) is 0. The molecule has 154 valence electrons. The summed E-state index contributed by atoms with van der Waals surface area (Å²) in [6.07, 6.45) is 3.62. The number of morpholine rings is 1. The highest BCUT2D eigenvalue weighted by atomic mass is 32.2. The average Bonchev–Trinajstić information content (AvgIpc) is 3.21. The first-order chi connectivity index (χ1) is 14.2. The summed E-state index contributed by atoms with van der Waals surface area (Å²) in [5, 5.41) is 3.28.